The monoisotopic (exact) mass is 447 g/mol. The second kappa shape index (κ2) is 9.24. The van der Waals surface area contributed by atoms with Crippen LogP contribution in [0.2, 0.25) is 5.02 Å². The highest BCUT2D eigenvalue weighted by Crippen LogP contribution is 2.22. The van der Waals surface area contributed by atoms with E-state index >= 15 is 0 Å². The Hall–Kier alpha value is -3.64. The van der Waals surface area contributed by atoms with Crippen molar-refractivity contribution in [2.75, 3.05) is 7.11 Å². The average Bonchev–Trinajstić information content (AvgIpc) is 3.23. The Bertz CT molecular complexity index is 1260. The van der Waals surface area contributed by atoms with Crippen LogP contribution >= 0.6 is 11.6 Å². The van der Waals surface area contributed by atoms with Gasteiger partial charge in [-0.1, -0.05) is 48.0 Å². The van der Waals surface area contributed by atoms with E-state index in [4.69, 9.17) is 16.3 Å². The van der Waals surface area contributed by atoms with E-state index in [0.717, 1.165) is 22.0 Å². The first-order valence-corrected chi connectivity index (χ1v) is 10.5. The third-order valence-electron chi connectivity index (χ3n) is 5.33. The number of carbonyl (C=O) groups is 2. The van der Waals surface area contributed by atoms with Crippen LogP contribution in [0.1, 0.15) is 44.8 Å². The molecule has 0 unspecified atom stereocenters. The molecule has 1 heterocycles. The van der Waals surface area contributed by atoms with Crippen molar-refractivity contribution in [3.05, 3.63) is 100 Å². The van der Waals surface area contributed by atoms with Gasteiger partial charge in [-0.3, -0.25) is 9.48 Å². The van der Waals surface area contributed by atoms with Crippen LogP contribution in [-0.2, 0) is 11.3 Å². The van der Waals surface area contributed by atoms with Gasteiger partial charge >= 0.3 is 5.97 Å². The zero-order valence-corrected chi connectivity index (χ0v) is 18.5. The third kappa shape index (κ3) is 4.50. The van der Waals surface area contributed by atoms with E-state index in [-0.39, 0.29) is 11.9 Å². The number of rotatable bonds is 6. The van der Waals surface area contributed by atoms with Crippen molar-refractivity contribution in [2.45, 2.75) is 19.5 Å². The minimum atomic E-state index is -0.395. The second-order valence-electron chi connectivity index (χ2n) is 7.48. The molecule has 0 bridgehead atoms. The zero-order valence-electron chi connectivity index (χ0n) is 17.7. The summed E-state index contributed by atoms with van der Waals surface area (Å²) in [6.45, 7) is 2.42. The molecule has 1 atom stereocenters. The van der Waals surface area contributed by atoms with Gasteiger partial charge in [-0.15, -0.1) is 0 Å². The number of carbonyl (C=O) groups excluding carboxylic acids is 2. The van der Waals surface area contributed by atoms with Crippen LogP contribution in [-0.4, -0.2) is 28.8 Å². The number of methoxy groups -OCH3 is 1. The molecular weight excluding hydrogens is 426 g/mol. The molecule has 1 aromatic heterocycles. The number of ether oxygens (including phenoxy) is 1. The van der Waals surface area contributed by atoms with Crippen molar-refractivity contribution in [2.24, 2.45) is 0 Å². The lowest BCUT2D eigenvalue weighted by atomic mass is 10.0. The van der Waals surface area contributed by atoms with E-state index in [1.807, 2.05) is 60.1 Å². The highest BCUT2D eigenvalue weighted by atomic mass is 35.5. The smallest absolute Gasteiger partial charge is 0.337 e. The van der Waals surface area contributed by atoms with E-state index in [9.17, 15) is 9.59 Å². The van der Waals surface area contributed by atoms with E-state index in [1.54, 1.807) is 24.4 Å². The summed E-state index contributed by atoms with van der Waals surface area (Å²) in [5.74, 6) is -0.591. The Balaban J connectivity index is 1.57. The number of halogens is 1. The highest BCUT2D eigenvalue weighted by molar-refractivity contribution is 6.30. The Morgan fingerprint density at radius 3 is 2.47 bits per heavy atom. The highest BCUT2D eigenvalue weighted by Gasteiger charge is 2.17. The minimum absolute atomic E-state index is 0.196. The lowest BCUT2D eigenvalue weighted by Gasteiger charge is -2.16. The fourth-order valence-electron chi connectivity index (χ4n) is 3.59. The molecule has 162 valence electrons. The molecule has 4 rings (SSSR count). The number of hydrogen-bond acceptors (Lipinski definition) is 4. The first-order chi connectivity index (χ1) is 15.5. The maximum Gasteiger partial charge on any atom is 0.337 e. The van der Waals surface area contributed by atoms with Gasteiger partial charge in [0.1, 0.15) is 0 Å². The van der Waals surface area contributed by atoms with Crippen LogP contribution in [0.15, 0.2) is 72.9 Å². The van der Waals surface area contributed by atoms with Gasteiger partial charge in [-0.2, -0.15) is 5.10 Å². The average molecular weight is 448 g/mol. The van der Waals surface area contributed by atoms with E-state index < -0.39 is 5.97 Å². The molecule has 1 amide bonds. The maximum absolute atomic E-state index is 13.2. The number of hydrogen-bond donors (Lipinski definition) is 1. The molecule has 0 aliphatic rings. The Labute approximate surface area is 190 Å². The number of fused-ring (bicyclic) bond motifs is 1. The van der Waals surface area contributed by atoms with E-state index in [2.05, 4.69) is 10.4 Å². The Morgan fingerprint density at radius 2 is 1.78 bits per heavy atom. The van der Waals surface area contributed by atoms with Gasteiger partial charge in [0.25, 0.3) is 5.91 Å². The fourth-order valence-corrected chi connectivity index (χ4v) is 3.72. The summed E-state index contributed by atoms with van der Waals surface area (Å²) in [5.41, 5.74) is 3.70. The van der Waals surface area contributed by atoms with Crippen LogP contribution in [0.5, 0.6) is 0 Å². The number of amides is 1. The molecule has 0 saturated heterocycles. The fraction of sp³-hybridized carbons (Fsp3) is 0.160. The molecule has 0 saturated carbocycles. The predicted octanol–water partition coefficient (Wildman–Crippen LogP) is 5.02. The summed E-state index contributed by atoms with van der Waals surface area (Å²) >= 11 is 5.99. The molecule has 7 heteroatoms. The number of benzene rings is 3. The minimum Gasteiger partial charge on any atom is -0.465 e. The first-order valence-electron chi connectivity index (χ1n) is 10.1. The lowest BCUT2D eigenvalue weighted by Crippen LogP contribution is -2.27. The summed E-state index contributed by atoms with van der Waals surface area (Å²) in [6.07, 6.45) is 1.76. The van der Waals surface area contributed by atoms with Crippen molar-refractivity contribution in [1.29, 1.82) is 0 Å². The summed E-state index contributed by atoms with van der Waals surface area (Å²) in [6, 6.07) is 19.9. The first kappa shape index (κ1) is 21.6. The summed E-state index contributed by atoms with van der Waals surface area (Å²) in [7, 11) is 1.34. The van der Waals surface area contributed by atoms with Gasteiger partial charge in [0.2, 0.25) is 0 Å². The summed E-state index contributed by atoms with van der Waals surface area (Å²) in [4.78, 5) is 24.8. The SMILES string of the molecule is COC(=O)c1ccc([C@H](C)NC(=O)c2cccc3cnn(Cc4ccc(Cl)cc4)c23)cc1. The molecule has 0 spiro atoms. The number of esters is 1. The van der Waals surface area contributed by atoms with Crippen molar-refractivity contribution in [1.82, 2.24) is 15.1 Å². The molecule has 0 fully saturated rings. The number of aromatic nitrogens is 2. The molecule has 3 aromatic carbocycles. The van der Waals surface area contributed by atoms with Gasteiger partial charge in [0.05, 0.1) is 42.5 Å². The van der Waals surface area contributed by atoms with E-state index in [0.29, 0.717) is 22.7 Å². The molecule has 6 nitrogen and oxygen atoms in total. The van der Waals surface area contributed by atoms with Crippen LogP contribution in [0, 0.1) is 0 Å². The van der Waals surface area contributed by atoms with Crippen molar-refractivity contribution in [3.63, 3.8) is 0 Å². The molecule has 1 N–H and O–H groups in total. The second-order valence-corrected chi connectivity index (χ2v) is 7.92. The van der Waals surface area contributed by atoms with Crippen LogP contribution in [0.3, 0.4) is 0 Å². The van der Waals surface area contributed by atoms with Crippen LogP contribution in [0.4, 0.5) is 0 Å². The van der Waals surface area contributed by atoms with Gasteiger partial charge in [-0.25, -0.2) is 4.79 Å². The maximum atomic E-state index is 13.2. The Morgan fingerprint density at radius 1 is 1.06 bits per heavy atom. The zero-order chi connectivity index (χ0) is 22.7. The molecular formula is C25H22ClN3O3. The predicted molar refractivity (Wildman–Crippen MR) is 124 cm³/mol. The van der Waals surface area contributed by atoms with Gasteiger partial charge in [0, 0.05) is 10.4 Å². The standard InChI is InChI=1S/C25H22ClN3O3/c1-16(18-8-10-19(11-9-18)25(31)32-2)28-24(30)22-5-3-4-20-14-27-29(23(20)22)15-17-6-12-21(26)13-7-17/h3-14,16H,15H2,1-2H3,(H,28,30)/t16-/m0/s1. The summed E-state index contributed by atoms with van der Waals surface area (Å²) in [5, 5.41) is 9.09. The molecule has 4 aromatic rings. The molecule has 0 aliphatic carbocycles. The van der Waals surface area contributed by atoms with E-state index in [1.165, 1.54) is 7.11 Å². The lowest BCUT2D eigenvalue weighted by molar-refractivity contribution is 0.0600. The quantitative estimate of drug-likeness (QED) is 0.421. The number of para-hydroxylation sites is 1. The normalized spacial score (nSPS) is 11.8. The van der Waals surface area contributed by atoms with Crippen LogP contribution < -0.4 is 5.32 Å². The topological polar surface area (TPSA) is 73.2 Å². The van der Waals surface area contributed by atoms with Crippen molar-refractivity contribution < 1.29 is 14.3 Å². The largest absolute Gasteiger partial charge is 0.465 e. The van der Waals surface area contributed by atoms with Gasteiger partial charge in [0.15, 0.2) is 0 Å². The third-order valence-corrected chi connectivity index (χ3v) is 5.58. The van der Waals surface area contributed by atoms with Crippen molar-refractivity contribution >= 4 is 34.4 Å². The summed E-state index contributed by atoms with van der Waals surface area (Å²) < 4.78 is 6.55. The molecule has 32 heavy (non-hydrogen) atoms. The van der Waals surface area contributed by atoms with Crippen molar-refractivity contribution in [3.8, 4) is 0 Å². The van der Waals surface area contributed by atoms with Crippen LogP contribution in [0.25, 0.3) is 10.9 Å². The number of nitrogens with zero attached hydrogens (tertiary/aromatic N) is 2. The number of nitrogens with one attached hydrogen (secondary N) is 1. The van der Waals surface area contributed by atoms with Gasteiger partial charge in [-0.05, 0) is 48.4 Å². The molecule has 0 aliphatic heterocycles. The Kier molecular flexibility index (Phi) is 6.23. The molecule has 0 radical (unpaired) electrons. The van der Waals surface area contributed by atoms with Gasteiger partial charge < -0.3 is 10.1 Å².